The second kappa shape index (κ2) is 5.15. The first kappa shape index (κ1) is 12.5. The first-order valence-corrected chi connectivity index (χ1v) is 6.34. The Morgan fingerprint density at radius 2 is 2.12 bits per heavy atom. The van der Waals surface area contributed by atoms with Crippen molar-refractivity contribution >= 4 is 0 Å². The van der Waals surface area contributed by atoms with Crippen LogP contribution in [0.1, 0.15) is 48.4 Å². The summed E-state index contributed by atoms with van der Waals surface area (Å²) in [6, 6.07) is 3.55. The van der Waals surface area contributed by atoms with Gasteiger partial charge in [-0.15, -0.1) is 0 Å². The largest absolute Gasteiger partial charge is 0.271 e. The lowest BCUT2D eigenvalue weighted by atomic mass is 9.79. The molecule has 3 heteroatoms. The second-order valence-electron chi connectivity index (χ2n) is 5.23. The van der Waals surface area contributed by atoms with Gasteiger partial charge in [-0.25, -0.2) is 4.39 Å². The fourth-order valence-electron chi connectivity index (χ4n) is 2.70. The number of hydrogen-bond donors (Lipinski definition) is 2. The molecule has 94 valence electrons. The maximum absolute atomic E-state index is 14.0. The third kappa shape index (κ3) is 2.67. The average molecular weight is 236 g/mol. The number of benzene rings is 1. The van der Waals surface area contributed by atoms with Crippen LogP contribution in [0.4, 0.5) is 4.39 Å². The summed E-state index contributed by atoms with van der Waals surface area (Å²) in [6.45, 7) is 3.87. The van der Waals surface area contributed by atoms with E-state index in [0.717, 1.165) is 23.1 Å². The van der Waals surface area contributed by atoms with Gasteiger partial charge in [-0.3, -0.25) is 11.3 Å². The Kier molecular flexibility index (Phi) is 3.79. The molecule has 1 unspecified atom stereocenters. The molecule has 17 heavy (non-hydrogen) atoms. The molecule has 1 atom stereocenters. The van der Waals surface area contributed by atoms with Gasteiger partial charge in [-0.2, -0.15) is 0 Å². The number of rotatable bonds is 4. The molecular formula is C14H21FN2. The van der Waals surface area contributed by atoms with Gasteiger partial charge in [-0.1, -0.05) is 25.3 Å². The Morgan fingerprint density at radius 3 is 2.59 bits per heavy atom. The second-order valence-corrected chi connectivity index (χ2v) is 5.23. The molecular weight excluding hydrogens is 215 g/mol. The summed E-state index contributed by atoms with van der Waals surface area (Å²) in [7, 11) is 0. The highest BCUT2D eigenvalue weighted by Crippen LogP contribution is 2.36. The minimum atomic E-state index is -0.134. The number of halogens is 1. The molecule has 1 saturated carbocycles. The number of hydrogen-bond acceptors (Lipinski definition) is 2. The summed E-state index contributed by atoms with van der Waals surface area (Å²) in [5, 5.41) is 0. The quantitative estimate of drug-likeness (QED) is 0.622. The average Bonchev–Trinajstić information content (AvgIpc) is 2.18. The Bertz CT molecular complexity index is 376. The standard InChI is InChI=1S/C14H21FN2/c1-9-6-10(2)14(12(15)7-9)13(17-16)8-11-4-3-5-11/h6-7,11,13,17H,3-5,8,16H2,1-2H3. The summed E-state index contributed by atoms with van der Waals surface area (Å²) in [4.78, 5) is 0. The van der Waals surface area contributed by atoms with Gasteiger partial charge < -0.3 is 0 Å². The van der Waals surface area contributed by atoms with Crippen LogP contribution >= 0.6 is 0 Å². The zero-order valence-corrected chi connectivity index (χ0v) is 10.6. The molecule has 1 aliphatic rings. The van der Waals surface area contributed by atoms with Crippen molar-refractivity contribution in [1.29, 1.82) is 0 Å². The van der Waals surface area contributed by atoms with Gasteiger partial charge >= 0.3 is 0 Å². The summed E-state index contributed by atoms with van der Waals surface area (Å²) >= 11 is 0. The van der Waals surface area contributed by atoms with Gasteiger partial charge in [0.05, 0.1) is 0 Å². The molecule has 1 aromatic rings. The molecule has 0 bridgehead atoms. The summed E-state index contributed by atoms with van der Waals surface area (Å²) < 4.78 is 14.0. The molecule has 2 nitrogen and oxygen atoms in total. The zero-order chi connectivity index (χ0) is 12.4. The van der Waals surface area contributed by atoms with Crippen LogP contribution in [-0.2, 0) is 0 Å². The number of hydrazine groups is 1. The van der Waals surface area contributed by atoms with E-state index in [0.29, 0.717) is 5.92 Å². The van der Waals surface area contributed by atoms with Crippen molar-refractivity contribution in [2.24, 2.45) is 11.8 Å². The third-order valence-electron chi connectivity index (χ3n) is 3.82. The van der Waals surface area contributed by atoms with Crippen LogP contribution in [-0.4, -0.2) is 0 Å². The summed E-state index contributed by atoms with van der Waals surface area (Å²) in [5.74, 6) is 6.16. The lowest BCUT2D eigenvalue weighted by Crippen LogP contribution is -2.32. The van der Waals surface area contributed by atoms with Crippen LogP contribution in [0, 0.1) is 25.6 Å². The highest BCUT2D eigenvalue weighted by molar-refractivity contribution is 5.34. The highest BCUT2D eigenvalue weighted by atomic mass is 19.1. The molecule has 0 spiro atoms. The number of nitrogens with one attached hydrogen (secondary N) is 1. The lowest BCUT2D eigenvalue weighted by molar-refractivity contribution is 0.259. The van der Waals surface area contributed by atoms with Gasteiger partial charge in [0.1, 0.15) is 5.82 Å². The van der Waals surface area contributed by atoms with Gasteiger partial charge in [0.25, 0.3) is 0 Å². The topological polar surface area (TPSA) is 38.0 Å². The minimum Gasteiger partial charge on any atom is -0.271 e. The van der Waals surface area contributed by atoms with E-state index in [4.69, 9.17) is 5.84 Å². The van der Waals surface area contributed by atoms with Crippen molar-refractivity contribution in [3.8, 4) is 0 Å². The van der Waals surface area contributed by atoms with Gasteiger partial charge in [0.15, 0.2) is 0 Å². The lowest BCUT2D eigenvalue weighted by Gasteiger charge is -2.30. The number of nitrogens with two attached hydrogens (primary N) is 1. The molecule has 3 N–H and O–H groups in total. The number of aryl methyl sites for hydroxylation is 2. The predicted molar refractivity (Wildman–Crippen MR) is 67.9 cm³/mol. The first-order valence-electron chi connectivity index (χ1n) is 6.34. The SMILES string of the molecule is Cc1cc(C)c(C(CC2CCC2)NN)c(F)c1. The highest BCUT2D eigenvalue weighted by Gasteiger charge is 2.25. The monoisotopic (exact) mass is 236 g/mol. The van der Waals surface area contributed by atoms with E-state index in [1.165, 1.54) is 19.3 Å². The van der Waals surface area contributed by atoms with Gasteiger partial charge in [0, 0.05) is 11.6 Å². The first-order chi connectivity index (χ1) is 8.11. The zero-order valence-electron chi connectivity index (χ0n) is 10.6. The van der Waals surface area contributed by atoms with E-state index in [2.05, 4.69) is 5.43 Å². The molecule has 0 aliphatic heterocycles. The predicted octanol–water partition coefficient (Wildman–Crippen LogP) is 3.14. The Hall–Kier alpha value is -0.930. The summed E-state index contributed by atoms with van der Waals surface area (Å²) in [5.41, 5.74) is 5.47. The molecule has 0 radical (unpaired) electrons. The Labute approximate surface area is 102 Å². The van der Waals surface area contributed by atoms with E-state index >= 15 is 0 Å². The van der Waals surface area contributed by atoms with Crippen LogP contribution in [0.15, 0.2) is 12.1 Å². The van der Waals surface area contributed by atoms with Crippen LogP contribution < -0.4 is 11.3 Å². The van der Waals surface area contributed by atoms with E-state index in [9.17, 15) is 4.39 Å². The molecule has 0 saturated heterocycles. The van der Waals surface area contributed by atoms with Crippen LogP contribution in [0.25, 0.3) is 0 Å². The smallest absolute Gasteiger partial charge is 0.128 e. The Balaban J connectivity index is 2.22. The van der Waals surface area contributed by atoms with Crippen molar-refractivity contribution in [2.75, 3.05) is 0 Å². The molecule has 0 aromatic heterocycles. The fourth-order valence-corrected chi connectivity index (χ4v) is 2.70. The summed E-state index contributed by atoms with van der Waals surface area (Å²) in [6.07, 6.45) is 4.75. The minimum absolute atomic E-state index is 0.0547. The van der Waals surface area contributed by atoms with Crippen LogP contribution in [0.3, 0.4) is 0 Å². The van der Waals surface area contributed by atoms with Crippen molar-refractivity contribution in [1.82, 2.24) is 5.43 Å². The van der Waals surface area contributed by atoms with Gasteiger partial charge in [0.2, 0.25) is 0 Å². The van der Waals surface area contributed by atoms with E-state index < -0.39 is 0 Å². The van der Waals surface area contributed by atoms with Crippen molar-refractivity contribution < 1.29 is 4.39 Å². The van der Waals surface area contributed by atoms with Crippen molar-refractivity contribution in [3.63, 3.8) is 0 Å². The maximum Gasteiger partial charge on any atom is 0.128 e. The molecule has 0 amide bonds. The molecule has 1 aliphatic carbocycles. The van der Waals surface area contributed by atoms with Crippen molar-refractivity contribution in [2.45, 2.75) is 45.6 Å². The van der Waals surface area contributed by atoms with Crippen LogP contribution in [0.5, 0.6) is 0 Å². The molecule has 0 heterocycles. The Morgan fingerprint density at radius 1 is 1.41 bits per heavy atom. The van der Waals surface area contributed by atoms with Gasteiger partial charge in [-0.05, 0) is 43.4 Å². The van der Waals surface area contributed by atoms with E-state index in [1.807, 2.05) is 19.9 Å². The normalized spacial score (nSPS) is 17.9. The maximum atomic E-state index is 14.0. The van der Waals surface area contributed by atoms with E-state index in [-0.39, 0.29) is 11.9 Å². The molecule has 1 fully saturated rings. The molecule has 1 aromatic carbocycles. The molecule has 2 rings (SSSR count). The third-order valence-corrected chi connectivity index (χ3v) is 3.82. The van der Waals surface area contributed by atoms with Crippen molar-refractivity contribution in [3.05, 3.63) is 34.6 Å². The van der Waals surface area contributed by atoms with E-state index in [1.54, 1.807) is 6.07 Å². The van der Waals surface area contributed by atoms with Crippen LogP contribution in [0.2, 0.25) is 0 Å². The fraction of sp³-hybridized carbons (Fsp3) is 0.571.